The molecule has 0 rings (SSSR count). The van der Waals surface area contributed by atoms with Gasteiger partial charge in [0.2, 0.25) is 0 Å². The van der Waals surface area contributed by atoms with Crippen LogP contribution in [0, 0.1) is 0 Å². The summed E-state index contributed by atoms with van der Waals surface area (Å²) in [5.74, 6) is -0.899. The van der Waals surface area contributed by atoms with E-state index in [1.54, 1.807) is 0 Å². The Labute approximate surface area is 496 Å². The number of allylic oxidation sites excluding steroid dienone is 14. The van der Waals surface area contributed by atoms with Crippen LogP contribution in [0.2, 0.25) is 0 Å². The summed E-state index contributed by atoms with van der Waals surface area (Å²) in [6, 6.07) is 0. The molecule has 0 bridgehead atoms. The van der Waals surface area contributed by atoms with Gasteiger partial charge in [-0.1, -0.05) is 298 Å². The van der Waals surface area contributed by atoms with Crippen molar-refractivity contribution in [2.24, 2.45) is 0 Å². The predicted molar refractivity (Wildman–Crippen MR) is 348 cm³/mol. The zero-order chi connectivity index (χ0) is 57.8. The van der Waals surface area contributed by atoms with Crippen molar-refractivity contribution in [3.63, 3.8) is 0 Å². The highest BCUT2D eigenvalue weighted by Gasteiger charge is 2.19. The van der Waals surface area contributed by atoms with Crippen molar-refractivity contribution in [2.75, 3.05) is 13.2 Å². The van der Waals surface area contributed by atoms with Gasteiger partial charge in [-0.15, -0.1) is 0 Å². The zero-order valence-electron chi connectivity index (χ0n) is 53.1. The molecule has 6 nitrogen and oxygen atoms in total. The standard InChI is InChI=1S/C74H130O6/c1-4-7-10-13-16-19-22-25-27-29-31-33-34-35-36-37-38-39-40-42-43-45-47-49-52-55-58-61-64-67-73(76)79-70-71(69-78-72(75)66-63-60-57-54-51-24-21-18-15-12-9-6-3)80-74(77)68-65-62-59-56-53-50-48-46-44-41-32-30-28-26-23-20-17-14-11-8-5-2/h8,11,17-18,20-21,26,28-29,31-32,41,46,48,71H,4-7,9-10,12-16,19,22-25,27,30,33-40,42-45,47,49-70H2,1-3H3/b11-8-,20-17-,21-18-,28-26-,31-29-,41-32-,48-46-. The predicted octanol–water partition coefficient (Wildman–Crippen LogP) is 23.8. The average Bonchev–Trinajstić information content (AvgIpc) is 3.46. The van der Waals surface area contributed by atoms with Crippen molar-refractivity contribution >= 4 is 17.9 Å². The first kappa shape index (κ1) is 76.6. The summed E-state index contributed by atoms with van der Waals surface area (Å²) in [6.07, 6.45) is 90.4. The van der Waals surface area contributed by atoms with E-state index in [1.807, 2.05) is 0 Å². The second kappa shape index (κ2) is 68.1. The first-order valence-electron chi connectivity index (χ1n) is 34.6. The third kappa shape index (κ3) is 65.4. The van der Waals surface area contributed by atoms with Crippen LogP contribution in [0.1, 0.15) is 348 Å². The lowest BCUT2D eigenvalue weighted by molar-refractivity contribution is -0.167. The molecule has 0 fully saturated rings. The Hall–Kier alpha value is -3.41. The second-order valence-corrected chi connectivity index (χ2v) is 23.1. The van der Waals surface area contributed by atoms with Gasteiger partial charge in [0, 0.05) is 19.3 Å². The monoisotopic (exact) mass is 1110 g/mol. The van der Waals surface area contributed by atoms with E-state index >= 15 is 0 Å². The van der Waals surface area contributed by atoms with E-state index in [0.29, 0.717) is 19.3 Å². The Morgan fingerprint density at radius 3 is 0.800 bits per heavy atom. The van der Waals surface area contributed by atoms with Crippen molar-refractivity contribution in [1.82, 2.24) is 0 Å². The van der Waals surface area contributed by atoms with Gasteiger partial charge in [-0.2, -0.15) is 0 Å². The van der Waals surface area contributed by atoms with Crippen molar-refractivity contribution in [3.8, 4) is 0 Å². The summed E-state index contributed by atoms with van der Waals surface area (Å²) in [5.41, 5.74) is 0. The highest BCUT2D eigenvalue weighted by Crippen LogP contribution is 2.17. The molecule has 0 aromatic rings. The minimum Gasteiger partial charge on any atom is -0.462 e. The number of ether oxygens (including phenoxy) is 3. The third-order valence-electron chi connectivity index (χ3n) is 15.1. The molecule has 0 saturated carbocycles. The summed E-state index contributed by atoms with van der Waals surface area (Å²) in [6.45, 7) is 6.52. The smallest absolute Gasteiger partial charge is 0.306 e. The van der Waals surface area contributed by atoms with Gasteiger partial charge in [0.15, 0.2) is 6.10 Å². The highest BCUT2D eigenvalue weighted by atomic mass is 16.6. The Morgan fingerprint density at radius 2 is 0.487 bits per heavy atom. The summed E-state index contributed by atoms with van der Waals surface area (Å²) >= 11 is 0. The lowest BCUT2D eigenvalue weighted by atomic mass is 10.0. The fourth-order valence-electron chi connectivity index (χ4n) is 9.93. The molecule has 0 aromatic carbocycles. The Balaban J connectivity index is 4.24. The molecule has 1 atom stereocenters. The van der Waals surface area contributed by atoms with Crippen LogP contribution in [0.5, 0.6) is 0 Å². The van der Waals surface area contributed by atoms with Gasteiger partial charge in [-0.3, -0.25) is 14.4 Å². The second-order valence-electron chi connectivity index (χ2n) is 23.1. The van der Waals surface area contributed by atoms with Gasteiger partial charge in [-0.05, 0) is 116 Å². The molecule has 0 spiro atoms. The molecule has 6 heteroatoms. The van der Waals surface area contributed by atoms with E-state index in [-0.39, 0.29) is 31.1 Å². The average molecular weight is 1120 g/mol. The fraction of sp³-hybridized carbons (Fsp3) is 0.770. The van der Waals surface area contributed by atoms with Crippen LogP contribution in [0.3, 0.4) is 0 Å². The van der Waals surface area contributed by atoms with Crippen molar-refractivity contribution in [2.45, 2.75) is 354 Å². The minimum atomic E-state index is -0.791. The third-order valence-corrected chi connectivity index (χ3v) is 15.1. The van der Waals surface area contributed by atoms with Crippen LogP contribution in [0.4, 0.5) is 0 Å². The maximum absolute atomic E-state index is 12.9. The Kier molecular flexibility index (Phi) is 65.2. The van der Waals surface area contributed by atoms with Crippen LogP contribution in [0.15, 0.2) is 85.1 Å². The molecule has 0 aromatic heterocycles. The van der Waals surface area contributed by atoms with E-state index in [9.17, 15) is 14.4 Å². The SMILES string of the molecule is CC/C=C\C/C=C\C/C=C\C/C=C\C/C=C\CCCCCCCC(=O)OC(COC(=O)CCCCCCC/C=C\CCCCC)COC(=O)CCCCCCCCCCCCCCCCCCC/C=C\CCCCCCCCCC. The first-order chi connectivity index (χ1) is 39.5. The maximum Gasteiger partial charge on any atom is 0.306 e. The molecule has 0 amide bonds. The van der Waals surface area contributed by atoms with E-state index in [1.165, 1.54) is 193 Å². The van der Waals surface area contributed by atoms with Gasteiger partial charge in [0.25, 0.3) is 0 Å². The van der Waals surface area contributed by atoms with Gasteiger partial charge >= 0.3 is 17.9 Å². The quantitative estimate of drug-likeness (QED) is 0.0261. The lowest BCUT2D eigenvalue weighted by Crippen LogP contribution is -2.30. The molecule has 0 N–H and O–H groups in total. The summed E-state index contributed by atoms with van der Waals surface area (Å²) < 4.78 is 16.9. The normalized spacial score (nSPS) is 12.6. The highest BCUT2D eigenvalue weighted by molar-refractivity contribution is 5.71. The first-order valence-corrected chi connectivity index (χ1v) is 34.6. The van der Waals surface area contributed by atoms with Gasteiger partial charge in [0.1, 0.15) is 13.2 Å². The summed E-state index contributed by atoms with van der Waals surface area (Å²) in [4.78, 5) is 38.3. The number of carbonyl (C=O) groups excluding carboxylic acids is 3. The number of hydrogen-bond acceptors (Lipinski definition) is 6. The molecule has 0 aliphatic heterocycles. The van der Waals surface area contributed by atoms with E-state index in [4.69, 9.17) is 14.2 Å². The molecule has 1 unspecified atom stereocenters. The minimum absolute atomic E-state index is 0.0849. The zero-order valence-corrected chi connectivity index (χ0v) is 53.1. The number of rotatable bonds is 63. The summed E-state index contributed by atoms with van der Waals surface area (Å²) in [7, 11) is 0. The number of esters is 3. The largest absolute Gasteiger partial charge is 0.462 e. The molecular weight excluding hydrogens is 985 g/mol. The van der Waals surface area contributed by atoms with Crippen molar-refractivity contribution < 1.29 is 28.6 Å². The van der Waals surface area contributed by atoms with Crippen LogP contribution in [0.25, 0.3) is 0 Å². The molecule has 0 heterocycles. The molecule has 0 radical (unpaired) electrons. The van der Waals surface area contributed by atoms with Crippen LogP contribution >= 0.6 is 0 Å². The molecule has 0 saturated heterocycles. The fourth-order valence-corrected chi connectivity index (χ4v) is 9.93. The molecule has 462 valence electrons. The van der Waals surface area contributed by atoms with Crippen LogP contribution in [-0.2, 0) is 28.6 Å². The van der Waals surface area contributed by atoms with Crippen LogP contribution < -0.4 is 0 Å². The van der Waals surface area contributed by atoms with E-state index in [0.717, 1.165) is 116 Å². The molecular formula is C74H130O6. The Bertz CT molecular complexity index is 1520. The summed E-state index contributed by atoms with van der Waals surface area (Å²) in [5, 5.41) is 0. The number of carbonyl (C=O) groups is 3. The van der Waals surface area contributed by atoms with Gasteiger partial charge < -0.3 is 14.2 Å². The van der Waals surface area contributed by atoms with E-state index < -0.39 is 6.10 Å². The number of hydrogen-bond donors (Lipinski definition) is 0. The van der Waals surface area contributed by atoms with Gasteiger partial charge in [-0.25, -0.2) is 0 Å². The van der Waals surface area contributed by atoms with Gasteiger partial charge in [0.05, 0.1) is 0 Å². The molecule has 80 heavy (non-hydrogen) atoms. The van der Waals surface area contributed by atoms with Crippen molar-refractivity contribution in [3.05, 3.63) is 85.1 Å². The topological polar surface area (TPSA) is 78.9 Å². The number of unbranched alkanes of at least 4 members (excludes halogenated alkanes) is 38. The molecule has 0 aliphatic carbocycles. The van der Waals surface area contributed by atoms with Crippen LogP contribution in [-0.4, -0.2) is 37.2 Å². The lowest BCUT2D eigenvalue weighted by Gasteiger charge is -2.18. The molecule has 0 aliphatic rings. The van der Waals surface area contributed by atoms with E-state index in [2.05, 4.69) is 106 Å². The maximum atomic E-state index is 12.9. The van der Waals surface area contributed by atoms with Crippen molar-refractivity contribution in [1.29, 1.82) is 0 Å². The Morgan fingerprint density at radius 1 is 0.263 bits per heavy atom.